The molecule has 0 unspecified atom stereocenters. The van der Waals surface area contributed by atoms with Crippen LogP contribution in [0.2, 0.25) is 0 Å². The molecule has 0 radical (unpaired) electrons. The Morgan fingerprint density at radius 1 is 1.23 bits per heavy atom. The third-order valence-electron chi connectivity index (χ3n) is 1.37. The van der Waals surface area contributed by atoms with Gasteiger partial charge >= 0.3 is 17.1 Å². The van der Waals surface area contributed by atoms with E-state index in [0.29, 0.717) is 5.92 Å². The van der Waals surface area contributed by atoms with E-state index in [4.69, 9.17) is 0 Å². The number of hydrogen-bond acceptors (Lipinski definition) is 2. The summed E-state index contributed by atoms with van der Waals surface area (Å²) in [5.74, 6) is 0.619. The molecule has 1 rings (SSSR count). The summed E-state index contributed by atoms with van der Waals surface area (Å²) in [6, 6.07) is 4.09. The normalized spacial score (nSPS) is 8.38. The van der Waals surface area contributed by atoms with Gasteiger partial charge in [0.15, 0.2) is 0 Å². The van der Waals surface area contributed by atoms with Gasteiger partial charge in [-0.15, -0.1) is 0 Å². The van der Waals surface area contributed by atoms with Crippen molar-refractivity contribution >= 4 is 40.8 Å². The molecular weight excluding hydrogens is 276 g/mol. The average Bonchev–Trinajstić information content (AvgIpc) is 2.07. The molecule has 0 saturated heterocycles. The van der Waals surface area contributed by atoms with E-state index in [2.05, 4.69) is 46.4 Å². The van der Waals surface area contributed by atoms with Gasteiger partial charge < -0.3 is 0 Å². The second-order valence-corrected chi connectivity index (χ2v) is 2.96. The van der Waals surface area contributed by atoms with Gasteiger partial charge in [-0.25, -0.2) is 0 Å². The van der Waals surface area contributed by atoms with Gasteiger partial charge in [0.05, 0.1) is 23.7 Å². The zero-order chi connectivity index (χ0) is 9.40. The van der Waals surface area contributed by atoms with Crippen molar-refractivity contribution in [3.8, 4) is 0 Å². The number of nitrogens with zero attached hydrogens (tertiary/aromatic N) is 1. The summed E-state index contributed by atoms with van der Waals surface area (Å²) >= 11 is 8.53. The predicted molar refractivity (Wildman–Crippen MR) is 59.7 cm³/mol. The fraction of sp³-hybridized carbons (Fsp3) is 0.375. The van der Waals surface area contributed by atoms with Crippen molar-refractivity contribution in [2.45, 2.75) is 19.8 Å². The molecule has 0 atom stereocenters. The topological polar surface area (TPSA) is 22.1 Å². The van der Waals surface area contributed by atoms with Gasteiger partial charge in [-0.05, 0) is 23.6 Å². The predicted octanol–water partition coefficient (Wildman–Crippen LogP) is 2.60. The number of aromatic nitrogens is 1. The second-order valence-electron chi connectivity index (χ2n) is 2.49. The first kappa shape index (κ1) is 15.7. The Hall–Kier alpha value is 0.209. The molecule has 0 amide bonds. The van der Waals surface area contributed by atoms with Gasteiger partial charge in [0, 0.05) is 12.4 Å². The van der Waals surface area contributed by atoms with Gasteiger partial charge in [0.1, 0.15) is 0 Å². The summed E-state index contributed by atoms with van der Waals surface area (Å²) in [6.45, 7) is 4.35. The minimum atomic E-state index is 0. The summed E-state index contributed by atoms with van der Waals surface area (Å²) in [5.41, 5.74) is 1.35. The van der Waals surface area contributed by atoms with Crippen LogP contribution in [0.1, 0.15) is 25.3 Å². The maximum atomic E-state index is 4.26. The molecule has 0 spiro atoms. The fourth-order valence-corrected chi connectivity index (χ4v) is 0.748. The molecule has 76 valence electrons. The molecule has 0 bridgehead atoms. The summed E-state index contributed by atoms with van der Waals surface area (Å²) in [6.07, 6.45) is 3.66. The molecule has 1 heterocycles. The second kappa shape index (κ2) is 10.3. The number of halogens is 2. The van der Waals surface area contributed by atoms with Crippen LogP contribution in [-0.2, 0) is 3.84 Å². The molecule has 5 heteroatoms. The van der Waals surface area contributed by atoms with Gasteiger partial charge in [-0.2, -0.15) is 3.84 Å². The van der Waals surface area contributed by atoms with Gasteiger partial charge in [0.2, 0.25) is 0 Å². The quantitative estimate of drug-likeness (QED) is 0.741. The third-order valence-corrected chi connectivity index (χ3v) is 1.37. The van der Waals surface area contributed by atoms with Crippen molar-refractivity contribution in [1.82, 2.24) is 4.98 Å². The summed E-state index contributed by atoms with van der Waals surface area (Å²) < 4.78 is 3.19. The van der Waals surface area contributed by atoms with Crippen molar-refractivity contribution in [2.75, 3.05) is 0 Å². The van der Waals surface area contributed by atoms with Gasteiger partial charge in [-0.3, -0.25) is 4.98 Å². The van der Waals surface area contributed by atoms with Crippen LogP contribution in [0.5, 0.6) is 0 Å². The molecule has 13 heavy (non-hydrogen) atoms. The molecule has 0 fully saturated rings. The number of pyridine rings is 1. The molecule has 2 nitrogen and oxygen atoms in total. The van der Waals surface area contributed by atoms with Crippen molar-refractivity contribution in [1.29, 1.82) is 0 Å². The average molecular weight is 289 g/mol. The first-order valence-electron chi connectivity index (χ1n) is 3.51. The van der Waals surface area contributed by atoms with E-state index in [1.165, 1.54) is 5.56 Å². The summed E-state index contributed by atoms with van der Waals surface area (Å²) in [7, 11) is 0. The SMILES string of the molecule is CC(C)c1ccncc1.ClOCl.[SeH2]. The van der Waals surface area contributed by atoms with Crippen LogP contribution in [0.25, 0.3) is 0 Å². The van der Waals surface area contributed by atoms with Crippen molar-refractivity contribution in [3.63, 3.8) is 0 Å². The van der Waals surface area contributed by atoms with Gasteiger partial charge in [-0.1, -0.05) is 13.8 Å². The van der Waals surface area contributed by atoms with Crippen LogP contribution in [0.4, 0.5) is 0 Å². The maximum absolute atomic E-state index is 4.26. The molecule has 1 aromatic heterocycles. The van der Waals surface area contributed by atoms with E-state index >= 15 is 0 Å². The van der Waals surface area contributed by atoms with Crippen LogP contribution >= 0.6 is 23.7 Å². The van der Waals surface area contributed by atoms with E-state index in [0.717, 1.165) is 0 Å². The molecule has 0 aromatic carbocycles. The Bertz CT molecular complexity index is 197. The van der Waals surface area contributed by atoms with E-state index in [-0.39, 0.29) is 17.1 Å². The summed E-state index contributed by atoms with van der Waals surface area (Å²) in [5, 5.41) is 0. The zero-order valence-corrected chi connectivity index (χ0v) is 11.1. The molecule has 0 aliphatic rings. The number of rotatable bonds is 1. The van der Waals surface area contributed by atoms with E-state index < -0.39 is 0 Å². The van der Waals surface area contributed by atoms with E-state index in [9.17, 15) is 0 Å². The molecule has 0 aliphatic heterocycles. The monoisotopic (exact) mass is 289 g/mol. The third kappa shape index (κ3) is 8.54. The van der Waals surface area contributed by atoms with Crippen molar-refractivity contribution in [2.24, 2.45) is 0 Å². The first-order valence-corrected chi connectivity index (χ1v) is 4.13. The van der Waals surface area contributed by atoms with Crippen LogP contribution < -0.4 is 0 Å². The minimum absolute atomic E-state index is 0. The molecule has 0 saturated carbocycles. The first-order chi connectivity index (χ1) is 5.72. The van der Waals surface area contributed by atoms with Crippen LogP contribution in [0.3, 0.4) is 0 Å². The molecule has 0 aliphatic carbocycles. The standard InChI is InChI=1S/C8H11N.Cl2O.H2Se/c1-7(2)8-3-5-9-6-4-8;1-3-2;/h3-7H,1-2H3;;1H2. The molecule has 1 aromatic rings. The molecule has 0 N–H and O–H groups in total. The summed E-state index contributed by atoms with van der Waals surface area (Å²) in [4.78, 5) is 3.93. The van der Waals surface area contributed by atoms with E-state index in [1.807, 2.05) is 24.5 Å². The van der Waals surface area contributed by atoms with Crippen molar-refractivity contribution in [3.05, 3.63) is 30.1 Å². The Morgan fingerprint density at radius 2 is 1.62 bits per heavy atom. The Kier molecular flexibility index (Phi) is 12.4. The number of hydrogen-bond donors (Lipinski definition) is 0. The Labute approximate surface area is 99.4 Å². The molecular formula is C8H13Cl2NOSe. The Morgan fingerprint density at radius 3 is 1.85 bits per heavy atom. The fourth-order valence-electron chi connectivity index (χ4n) is 0.748. The van der Waals surface area contributed by atoms with Gasteiger partial charge in [0.25, 0.3) is 0 Å². The van der Waals surface area contributed by atoms with Crippen LogP contribution in [0, 0.1) is 0 Å². The van der Waals surface area contributed by atoms with E-state index in [1.54, 1.807) is 0 Å². The van der Waals surface area contributed by atoms with Crippen molar-refractivity contribution < 1.29 is 3.84 Å². The zero-order valence-electron chi connectivity index (χ0n) is 7.50. The van der Waals surface area contributed by atoms with Crippen LogP contribution in [-0.4, -0.2) is 22.1 Å². The van der Waals surface area contributed by atoms with Crippen LogP contribution in [0.15, 0.2) is 24.5 Å². The Balaban J connectivity index is 0.